The normalized spacial score (nSPS) is 17.6. The lowest BCUT2D eigenvalue weighted by Gasteiger charge is -2.35. The maximum atomic E-state index is 12.6. The molecule has 116 valence electrons. The van der Waals surface area contributed by atoms with Crippen molar-refractivity contribution in [1.29, 1.82) is 0 Å². The summed E-state index contributed by atoms with van der Waals surface area (Å²) in [6.07, 6.45) is -0.344. The molecule has 0 radical (unpaired) electrons. The highest BCUT2D eigenvalue weighted by Gasteiger charge is 2.24. The summed E-state index contributed by atoms with van der Waals surface area (Å²) in [5.74, 6) is 0.458. The van der Waals surface area contributed by atoms with Crippen LogP contribution in [0, 0.1) is 0 Å². The molecule has 1 N–H and O–H groups in total. The van der Waals surface area contributed by atoms with Crippen molar-refractivity contribution in [1.82, 2.24) is 9.80 Å². The van der Waals surface area contributed by atoms with E-state index in [4.69, 9.17) is 16.3 Å². The standard InChI is InChI=1S/C15H21ClN2O3/c1-11(19)10-17-5-7-18(8-6-17)15(20)13-4-3-12(16)9-14(13)21-2/h3-4,9,11,19H,5-8,10H2,1-2H3. The molecule has 1 aromatic rings. The van der Waals surface area contributed by atoms with Gasteiger partial charge >= 0.3 is 0 Å². The quantitative estimate of drug-likeness (QED) is 0.915. The van der Waals surface area contributed by atoms with Crippen LogP contribution >= 0.6 is 11.6 Å². The van der Waals surface area contributed by atoms with Gasteiger partial charge in [0, 0.05) is 37.7 Å². The topological polar surface area (TPSA) is 53.0 Å². The van der Waals surface area contributed by atoms with E-state index in [2.05, 4.69) is 4.90 Å². The van der Waals surface area contributed by atoms with Crippen molar-refractivity contribution in [3.8, 4) is 5.75 Å². The van der Waals surface area contributed by atoms with Gasteiger partial charge in [0.15, 0.2) is 0 Å². The Morgan fingerprint density at radius 1 is 1.38 bits per heavy atom. The molecule has 21 heavy (non-hydrogen) atoms. The SMILES string of the molecule is COc1cc(Cl)ccc1C(=O)N1CCN(CC(C)O)CC1. The Morgan fingerprint density at radius 2 is 2.05 bits per heavy atom. The number of β-amino-alcohol motifs (C(OH)–C–C–N with tert-alkyl or cyclic N) is 1. The van der Waals surface area contributed by atoms with E-state index in [1.165, 1.54) is 7.11 Å². The molecule has 1 amide bonds. The Kier molecular flexibility index (Phi) is 5.45. The Bertz CT molecular complexity index is 500. The minimum absolute atomic E-state index is 0.0415. The van der Waals surface area contributed by atoms with E-state index in [1.807, 2.05) is 4.90 Å². The van der Waals surface area contributed by atoms with Crippen LogP contribution in [0.25, 0.3) is 0 Å². The summed E-state index contributed by atoms with van der Waals surface area (Å²) >= 11 is 5.92. The first kappa shape index (κ1) is 16.1. The van der Waals surface area contributed by atoms with E-state index in [0.717, 1.165) is 13.1 Å². The first-order valence-corrected chi connectivity index (χ1v) is 7.42. The van der Waals surface area contributed by atoms with Crippen LogP contribution < -0.4 is 4.74 Å². The van der Waals surface area contributed by atoms with Gasteiger partial charge in [-0.05, 0) is 25.1 Å². The van der Waals surface area contributed by atoms with Crippen molar-refractivity contribution in [2.45, 2.75) is 13.0 Å². The molecule has 1 fully saturated rings. The van der Waals surface area contributed by atoms with E-state index >= 15 is 0 Å². The second kappa shape index (κ2) is 7.11. The average molecular weight is 313 g/mol. The number of carbonyl (C=O) groups is 1. The molecule has 1 aromatic carbocycles. The van der Waals surface area contributed by atoms with E-state index < -0.39 is 0 Å². The average Bonchev–Trinajstić information content (AvgIpc) is 2.46. The van der Waals surface area contributed by atoms with E-state index in [0.29, 0.717) is 36.0 Å². The van der Waals surface area contributed by atoms with Gasteiger partial charge in [-0.25, -0.2) is 0 Å². The maximum Gasteiger partial charge on any atom is 0.257 e. The number of halogens is 1. The smallest absolute Gasteiger partial charge is 0.257 e. The molecule has 0 bridgehead atoms. The Labute approximate surface area is 130 Å². The van der Waals surface area contributed by atoms with E-state index in [1.54, 1.807) is 25.1 Å². The van der Waals surface area contributed by atoms with Crippen LogP contribution in [-0.4, -0.2) is 66.8 Å². The summed E-state index contributed by atoms with van der Waals surface area (Å²) in [5, 5.41) is 9.95. The first-order chi connectivity index (χ1) is 10.0. The molecule has 5 nitrogen and oxygen atoms in total. The van der Waals surface area contributed by atoms with Crippen LogP contribution in [0.2, 0.25) is 5.02 Å². The molecule has 0 spiro atoms. The highest BCUT2D eigenvalue weighted by molar-refractivity contribution is 6.30. The first-order valence-electron chi connectivity index (χ1n) is 7.04. The summed E-state index contributed by atoms with van der Waals surface area (Å²) in [6, 6.07) is 5.05. The summed E-state index contributed by atoms with van der Waals surface area (Å²) in [6.45, 7) is 5.26. The third-order valence-electron chi connectivity index (χ3n) is 3.58. The van der Waals surface area contributed by atoms with Crippen LogP contribution in [-0.2, 0) is 0 Å². The zero-order chi connectivity index (χ0) is 15.4. The lowest BCUT2D eigenvalue weighted by molar-refractivity contribution is 0.0551. The van der Waals surface area contributed by atoms with Gasteiger partial charge in [0.1, 0.15) is 5.75 Å². The van der Waals surface area contributed by atoms with Crippen molar-refractivity contribution in [2.75, 3.05) is 39.8 Å². The number of amides is 1. The fourth-order valence-corrected chi connectivity index (χ4v) is 2.68. The van der Waals surface area contributed by atoms with Crippen molar-refractivity contribution in [3.05, 3.63) is 28.8 Å². The number of ether oxygens (including phenoxy) is 1. The molecule has 6 heteroatoms. The molecule has 1 aliphatic rings. The highest BCUT2D eigenvalue weighted by Crippen LogP contribution is 2.24. The van der Waals surface area contributed by atoms with Crippen molar-refractivity contribution >= 4 is 17.5 Å². The van der Waals surface area contributed by atoms with Crippen molar-refractivity contribution in [2.24, 2.45) is 0 Å². The molecular formula is C15H21ClN2O3. The van der Waals surface area contributed by atoms with Gasteiger partial charge in [-0.2, -0.15) is 0 Å². The lowest BCUT2D eigenvalue weighted by Crippen LogP contribution is -2.50. The monoisotopic (exact) mass is 312 g/mol. The molecule has 1 saturated heterocycles. The largest absolute Gasteiger partial charge is 0.496 e. The summed E-state index contributed by atoms with van der Waals surface area (Å²) in [4.78, 5) is 16.5. The molecule has 1 atom stereocenters. The fraction of sp³-hybridized carbons (Fsp3) is 0.533. The van der Waals surface area contributed by atoms with Crippen molar-refractivity contribution < 1.29 is 14.6 Å². The molecule has 1 aliphatic heterocycles. The van der Waals surface area contributed by atoms with Gasteiger partial charge in [0.25, 0.3) is 5.91 Å². The van der Waals surface area contributed by atoms with Gasteiger partial charge in [-0.15, -0.1) is 0 Å². The van der Waals surface area contributed by atoms with Gasteiger partial charge in [0.05, 0.1) is 18.8 Å². The van der Waals surface area contributed by atoms with Crippen LogP contribution in [0.15, 0.2) is 18.2 Å². The van der Waals surface area contributed by atoms with E-state index in [-0.39, 0.29) is 12.0 Å². The summed E-state index contributed by atoms with van der Waals surface area (Å²) in [7, 11) is 1.53. The Hall–Kier alpha value is -1.30. The lowest BCUT2D eigenvalue weighted by atomic mass is 10.1. The third-order valence-corrected chi connectivity index (χ3v) is 3.81. The van der Waals surface area contributed by atoms with Crippen molar-refractivity contribution in [3.63, 3.8) is 0 Å². The molecule has 0 saturated carbocycles. The second-order valence-electron chi connectivity index (χ2n) is 5.29. The van der Waals surface area contributed by atoms with Gasteiger partial charge in [0.2, 0.25) is 0 Å². The number of nitrogens with zero attached hydrogens (tertiary/aromatic N) is 2. The minimum atomic E-state index is -0.344. The summed E-state index contributed by atoms with van der Waals surface area (Å²) in [5.41, 5.74) is 0.533. The van der Waals surface area contributed by atoms with Gasteiger partial charge in [-0.3, -0.25) is 9.69 Å². The number of aliphatic hydroxyl groups excluding tert-OH is 1. The third kappa shape index (κ3) is 4.09. The number of rotatable bonds is 4. The Balaban J connectivity index is 2.02. The van der Waals surface area contributed by atoms with Crippen LogP contribution in [0.3, 0.4) is 0 Å². The zero-order valence-corrected chi connectivity index (χ0v) is 13.1. The number of aliphatic hydroxyl groups is 1. The Morgan fingerprint density at radius 3 is 2.62 bits per heavy atom. The predicted molar refractivity (Wildman–Crippen MR) is 82.0 cm³/mol. The van der Waals surface area contributed by atoms with Crippen LogP contribution in [0.4, 0.5) is 0 Å². The number of methoxy groups -OCH3 is 1. The molecule has 1 heterocycles. The number of benzene rings is 1. The van der Waals surface area contributed by atoms with Gasteiger partial charge < -0.3 is 14.7 Å². The van der Waals surface area contributed by atoms with Gasteiger partial charge in [-0.1, -0.05) is 11.6 Å². The molecule has 0 aromatic heterocycles. The molecule has 2 rings (SSSR count). The maximum absolute atomic E-state index is 12.6. The number of piperazine rings is 1. The zero-order valence-electron chi connectivity index (χ0n) is 12.4. The predicted octanol–water partition coefficient (Wildman–Crippen LogP) is 1.49. The van der Waals surface area contributed by atoms with Crippen LogP contribution in [0.5, 0.6) is 5.75 Å². The molecule has 0 aliphatic carbocycles. The molecular weight excluding hydrogens is 292 g/mol. The molecule has 1 unspecified atom stereocenters. The minimum Gasteiger partial charge on any atom is -0.496 e. The van der Waals surface area contributed by atoms with Crippen LogP contribution in [0.1, 0.15) is 17.3 Å². The summed E-state index contributed by atoms with van der Waals surface area (Å²) < 4.78 is 5.24. The second-order valence-corrected chi connectivity index (χ2v) is 5.72. The van der Waals surface area contributed by atoms with E-state index in [9.17, 15) is 9.90 Å². The highest BCUT2D eigenvalue weighted by atomic mass is 35.5. The number of hydrogen-bond acceptors (Lipinski definition) is 4. The number of carbonyl (C=O) groups excluding carboxylic acids is 1. The fourth-order valence-electron chi connectivity index (χ4n) is 2.52. The number of hydrogen-bond donors (Lipinski definition) is 1.